The highest BCUT2D eigenvalue weighted by Crippen LogP contribution is 2.46. The van der Waals surface area contributed by atoms with Gasteiger partial charge in [0.25, 0.3) is 0 Å². The fourth-order valence-electron chi connectivity index (χ4n) is 9.41. The summed E-state index contributed by atoms with van der Waals surface area (Å²) in [7, 11) is 0. The number of anilines is 1. The maximum Gasteiger partial charge on any atom is 0.146 e. The molecule has 0 saturated carbocycles. The lowest BCUT2D eigenvalue weighted by Crippen LogP contribution is -2.21. The van der Waals surface area contributed by atoms with E-state index >= 15 is 0 Å². The average Bonchev–Trinajstić information content (AvgIpc) is 3.73. The lowest BCUT2D eigenvalue weighted by atomic mass is 9.95. The number of para-hydroxylation sites is 1. The van der Waals surface area contributed by atoms with Gasteiger partial charge in [-0.3, -0.25) is 4.99 Å². The number of aromatic nitrogens is 1. The first kappa shape index (κ1) is 29.5. The van der Waals surface area contributed by atoms with Crippen molar-refractivity contribution in [3.05, 3.63) is 180 Å². The van der Waals surface area contributed by atoms with E-state index < -0.39 is 0 Å². The standard InChI is InChI=1S/C50H29N3OS/c1-2-12-32-31(11-1)35(50-51-37-15-5-3-14-36(37)49(52-50)30-19-22-34-33-13-4-6-18-43(33)55-44(34)27-30)23-26-38(32)53-39-24-20-28-9-7-16-41-45(28)47(39)48-40(53)25-21-29-10-8-17-42(54-41)46(29)48/h1-27,50-51H. The Morgan fingerprint density at radius 2 is 1.20 bits per heavy atom. The molecule has 0 saturated heterocycles. The third kappa shape index (κ3) is 4.02. The smallest absolute Gasteiger partial charge is 0.146 e. The summed E-state index contributed by atoms with van der Waals surface area (Å²) in [6.07, 6.45) is -0.277. The Hall–Kier alpha value is -6.95. The Labute approximate surface area is 318 Å². The molecule has 12 aromatic rings. The number of nitrogens with one attached hydrogen (secondary N) is 1. The van der Waals surface area contributed by atoms with Crippen LogP contribution in [0, 0.1) is 0 Å². The monoisotopic (exact) mass is 719 g/mol. The predicted molar refractivity (Wildman–Crippen MR) is 232 cm³/mol. The zero-order valence-corrected chi connectivity index (χ0v) is 30.2. The number of hydrogen-bond donors (Lipinski definition) is 1. The summed E-state index contributed by atoms with van der Waals surface area (Å²) in [5, 5.41) is 15.9. The highest BCUT2D eigenvalue weighted by molar-refractivity contribution is 7.25. The Bertz CT molecular complexity index is 3500. The molecule has 55 heavy (non-hydrogen) atoms. The quantitative estimate of drug-likeness (QED) is 0.198. The second kappa shape index (κ2) is 10.8. The van der Waals surface area contributed by atoms with E-state index in [0.29, 0.717) is 0 Å². The first-order chi connectivity index (χ1) is 27.3. The summed E-state index contributed by atoms with van der Waals surface area (Å²) in [6, 6.07) is 59.3. The first-order valence-electron chi connectivity index (χ1n) is 18.7. The van der Waals surface area contributed by atoms with Gasteiger partial charge in [-0.1, -0.05) is 115 Å². The molecule has 0 aliphatic carbocycles. The van der Waals surface area contributed by atoms with Gasteiger partial charge in [-0.15, -0.1) is 11.3 Å². The minimum absolute atomic E-state index is 0.277. The minimum Gasteiger partial charge on any atom is -0.456 e. The second-order valence-electron chi connectivity index (χ2n) is 14.7. The highest BCUT2D eigenvalue weighted by atomic mass is 32.1. The van der Waals surface area contributed by atoms with Gasteiger partial charge in [0.2, 0.25) is 0 Å². The van der Waals surface area contributed by atoms with Crippen LogP contribution in [0.3, 0.4) is 0 Å². The zero-order valence-electron chi connectivity index (χ0n) is 29.4. The van der Waals surface area contributed by atoms with Gasteiger partial charge < -0.3 is 14.3 Å². The fraction of sp³-hybridized carbons (Fsp3) is 0.0200. The zero-order chi connectivity index (χ0) is 35.8. The van der Waals surface area contributed by atoms with Crippen LogP contribution in [-0.2, 0) is 0 Å². The molecule has 1 unspecified atom stereocenters. The van der Waals surface area contributed by atoms with Crippen molar-refractivity contribution >= 4 is 108 Å². The van der Waals surface area contributed by atoms with E-state index in [-0.39, 0.29) is 6.17 Å². The number of thiophene rings is 1. The summed E-state index contributed by atoms with van der Waals surface area (Å²) in [6.45, 7) is 0. The summed E-state index contributed by atoms with van der Waals surface area (Å²) in [5.41, 5.74) is 10.8. The molecule has 13 rings (SSSR count). The molecule has 1 atom stereocenters. The molecule has 1 aliphatic heterocycles. The summed E-state index contributed by atoms with van der Waals surface area (Å²) >= 11 is 1.85. The molecule has 1 N–H and O–H groups in total. The lowest BCUT2D eigenvalue weighted by Gasteiger charge is -2.27. The third-order valence-corrected chi connectivity index (χ3v) is 12.9. The molecule has 0 radical (unpaired) electrons. The number of fused-ring (bicyclic) bond motifs is 5. The number of benzene rings is 9. The molecule has 256 valence electrons. The Morgan fingerprint density at radius 1 is 0.527 bits per heavy atom. The summed E-state index contributed by atoms with van der Waals surface area (Å²) < 4.78 is 11.7. The van der Waals surface area contributed by atoms with Gasteiger partial charge >= 0.3 is 0 Å². The van der Waals surface area contributed by atoms with Crippen LogP contribution in [0.4, 0.5) is 5.69 Å². The van der Waals surface area contributed by atoms with E-state index in [9.17, 15) is 0 Å². The van der Waals surface area contributed by atoms with E-state index in [1.807, 2.05) is 11.3 Å². The molecule has 0 bridgehead atoms. The summed E-state index contributed by atoms with van der Waals surface area (Å²) in [4.78, 5) is 5.54. The fourth-order valence-corrected chi connectivity index (χ4v) is 10.6. The molecule has 4 heterocycles. The maximum atomic E-state index is 6.69. The van der Waals surface area contributed by atoms with Crippen molar-refractivity contribution in [1.29, 1.82) is 0 Å². The van der Waals surface area contributed by atoms with E-state index in [1.54, 1.807) is 0 Å². The maximum absolute atomic E-state index is 6.69. The van der Waals surface area contributed by atoms with Crippen molar-refractivity contribution in [1.82, 2.24) is 4.57 Å². The highest BCUT2D eigenvalue weighted by Gasteiger charge is 2.26. The van der Waals surface area contributed by atoms with Gasteiger partial charge in [-0.25, -0.2) is 0 Å². The van der Waals surface area contributed by atoms with Crippen LogP contribution < -0.4 is 5.32 Å². The van der Waals surface area contributed by atoms with E-state index in [4.69, 9.17) is 9.41 Å². The number of nitrogens with zero attached hydrogens (tertiary/aromatic N) is 2. The summed E-state index contributed by atoms with van der Waals surface area (Å²) in [5.74, 6) is 0. The second-order valence-corrected chi connectivity index (χ2v) is 15.7. The van der Waals surface area contributed by atoms with Gasteiger partial charge in [0.15, 0.2) is 0 Å². The first-order valence-corrected chi connectivity index (χ1v) is 19.6. The van der Waals surface area contributed by atoms with E-state index in [0.717, 1.165) is 55.7 Å². The van der Waals surface area contributed by atoms with E-state index in [2.05, 4.69) is 174 Å². The molecular weight excluding hydrogens is 691 g/mol. The number of aliphatic imine (C=N–C) groups is 1. The van der Waals surface area contributed by atoms with Crippen LogP contribution in [-0.4, -0.2) is 10.3 Å². The Morgan fingerprint density at radius 3 is 1.98 bits per heavy atom. The largest absolute Gasteiger partial charge is 0.456 e. The van der Waals surface area contributed by atoms with Crippen molar-refractivity contribution in [2.24, 2.45) is 4.99 Å². The van der Waals surface area contributed by atoms with Crippen LogP contribution in [0.2, 0.25) is 0 Å². The molecule has 3 aromatic heterocycles. The normalized spacial score (nSPS) is 14.6. The van der Waals surface area contributed by atoms with Crippen LogP contribution in [0.25, 0.3) is 91.1 Å². The van der Waals surface area contributed by atoms with Crippen LogP contribution in [0.5, 0.6) is 0 Å². The van der Waals surface area contributed by atoms with E-state index in [1.165, 1.54) is 63.5 Å². The van der Waals surface area contributed by atoms with Crippen LogP contribution in [0.1, 0.15) is 22.9 Å². The van der Waals surface area contributed by atoms with Crippen molar-refractivity contribution in [2.45, 2.75) is 6.17 Å². The number of hydrogen-bond acceptors (Lipinski definition) is 4. The Kier molecular flexibility index (Phi) is 5.80. The van der Waals surface area contributed by atoms with Crippen molar-refractivity contribution in [3.63, 3.8) is 0 Å². The van der Waals surface area contributed by atoms with Crippen LogP contribution >= 0.6 is 11.3 Å². The Balaban J connectivity index is 1.04. The van der Waals surface area contributed by atoms with Gasteiger partial charge in [-0.05, 0) is 64.7 Å². The molecule has 1 aliphatic rings. The molecule has 9 aromatic carbocycles. The average molecular weight is 720 g/mol. The van der Waals surface area contributed by atoms with Gasteiger partial charge in [0.1, 0.15) is 17.3 Å². The lowest BCUT2D eigenvalue weighted by molar-refractivity contribution is 0.664. The SMILES string of the molecule is c1ccc2c(c1)NC(c1ccc(-n3c4ccc5cccc6oc7cccc8ccc3c(c87)c4c56)c3ccccc13)N=C2c1ccc2c(c1)sc1ccccc12. The topological polar surface area (TPSA) is 42.5 Å². The molecule has 0 amide bonds. The van der Waals surface area contributed by atoms with Crippen molar-refractivity contribution in [3.8, 4) is 5.69 Å². The van der Waals surface area contributed by atoms with Gasteiger partial charge in [-0.2, -0.15) is 0 Å². The number of rotatable bonds is 3. The molecular formula is C50H29N3OS. The van der Waals surface area contributed by atoms with Gasteiger partial charge in [0.05, 0.1) is 22.4 Å². The predicted octanol–water partition coefficient (Wildman–Crippen LogP) is 13.8. The molecule has 4 nitrogen and oxygen atoms in total. The van der Waals surface area contributed by atoms with Crippen molar-refractivity contribution in [2.75, 3.05) is 5.32 Å². The molecule has 0 fully saturated rings. The van der Waals surface area contributed by atoms with Gasteiger partial charge in [0, 0.05) is 69.5 Å². The van der Waals surface area contributed by atoms with Crippen molar-refractivity contribution < 1.29 is 4.42 Å². The molecule has 5 heteroatoms. The van der Waals surface area contributed by atoms with Crippen LogP contribution in [0.15, 0.2) is 173 Å². The minimum atomic E-state index is -0.277. The third-order valence-electron chi connectivity index (χ3n) is 11.8. The molecule has 0 spiro atoms.